The van der Waals surface area contributed by atoms with Gasteiger partial charge >= 0.3 is 0 Å². The monoisotopic (exact) mass is 793 g/mol. The Labute approximate surface area is 333 Å². The van der Waals surface area contributed by atoms with Crippen molar-refractivity contribution in [1.82, 2.24) is 23.8 Å². The molecule has 4 atom stereocenters. The molecule has 6 aromatic rings. The van der Waals surface area contributed by atoms with Gasteiger partial charge in [0.15, 0.2) is 0 Å². The van der Waals surface area contributed by atoms with E-state index < -0.39 is 22.2 Å². The first-order valence-electron chi connectivity index (χ1n) is 18.6. The van der Waals surface area contributed by atoms with Crippen LogP contribution in [-0.2, 0) is 23.7 Å². The van der Waals surface area contributed by atoms with Crippen molar-refractivity contribution >= 4 is 67.8 Å². The van der Waals surface area contributed by atoms with Crippen molar-refractivity contribution in [2.24, 2.45) is 37.8 Å². The Balaban J connectivity index is 0.000000111. The number of nitrogens with zero attached hydrogens (tertiary/aromatic N) is 5. The van der Waals surface area contributed by atoms with Crippen LogP contribution in [0, 0.1) is 23.7 Å². The van der Waals surface area contributed by atoms with Crippen LogP contribution in [0.5, 0.6) is 0 Å². The number of likely N-dealkylation sites (tertiary alicyclic amines) is 1. The van der Waals surface area contributed by atoms with Crippen LogP contribution in [0.1, 0.15) is 47.9 Å². The van der Waals surface area contributed by atoms with E-state index in [2.05, 4.69) is 12.2 Å². The van der Waals surface area contributed by atoms with Crippen molar-refractivity contribution in [1.29, 1.82) is 0 Å². The Kier molecular flexibility index (Phi) is 9.06. The lowest BCUT2D eigenvalue weighted by molar-refractivity contribution is -0.139. The van der Waals surface area contributed by atoms with E-state index in [1.54, 1.807) is 43.4 Å². The predicted molar refractivity (Wildman–Crippen MR) is 216 cm³/mol. The molecule has 5 heterocycles. The summed E-state index contributed by atoms with van der Waals surface area (Å²) in [5, 5.41) is 2.42. The summed E-state index contributed by atoms with van der Waals surface area (Å²) in [5.41, 5.74) is 0.417. The summed E-state index contributed by atoms with van der Waals surface area (Å²) in [6.45, 7) is 0. The summed E-state index contributed by atoms with van der Waals surface area (Å²) in [5.74, 6) is -0.165. The molecule has 2 fully saturated rings. The van der Waals surface area contributed by atoms with Gasteiger partial charge in [-0.25, -0.2) is 0 Å². The van der Waals surface area contributed by atoms with Gasteiger partial charge in [0.05, 0.1) is 44.5 Å². The maximum absolute atomic E-state index is 11.9. The van der Waals surface area contributed by atoms with Crippen molar-refractivity contribution in [2.75, 3.05) is 21.1 Å². The van der Waals surface area contributed by atoms with Crippen LogP contribution in [0.25, 0.3) is 32.3 Å². The summed E-state index contributed by atoms with van der Waals surface area (Å²) in [6, 6.07) is 20.5. The second-order valence-electron chi connectivity index (χ2n) is 15.1. The molecular formula is C44H35N5O10. The Morgan fingerprint density at radius 3 is 1.14 bits per heavy atom. The van der Waals surface area contributed by atoms with E-state index in [1.165, 1.54) is 45.2 Å². The molecule has 0 radical (unpaired) electrons. The number of aromatic nitrogens is 2. The highest BCUT2D eigenvalue weighted by Crippen LogP contribution is 2.52. The number of hydrogen-bond acceptors (Lipinski definition) is 10. The summed E-state index contributed by atoms with van der Waals surface area (Å²) in [4.78, 5) is 120. The molecule has 6 amide bonds. The smallest absolute Gasteiger partial charge is 0.261 e. The van der Waals surface area contributed by atoms with Gasteiger partial charge in [0.1, 0.15) is 0 Å². The van der Waals surface area contributed by atoms with Crippen LogP contribution in [0.3, 0.4) is 0 Å². The number of fused-ring (bicyclic) bond motifs is 8. The SMILES string of the molecule is CN1C(=O)C2C3C=CC(C3)C2C1=O.CN1C(=O)c2cccc3cccc(c23)C1=O.CN1C(=O)c2ccccc2C1=O.Cn1c(=O)c2cc3c(=O)n(C)c(=O)c3cc2c1=O. The minimum atomic E-state index is -0.451. The zero-order valence-electron chi connectivity index (χ0n) is 32.4. The van der Waals surface area contributed by atoms with Gasteiger partial charge in [-0.3, -0.25) is 71.8 Å². The number of hydrogen-bond donors (Lipinski definition) is 0. The summed E-state index contributed by atoms with van der Waals surface area (Å²) in [7, 11) is 7.34. The third kappa shape index (κ3) is 5.71. The third-order valence-corrected chi connectivity index (χ3v) is 12.0. The largest absolute Gasteiger partial charge is 0.285 e. The van der Waals surface area contributed by atoms with Gasteiger partial charge in [-0.05, 0) is 60.0 Å². The molecule has 1 saturated heterocycles. The number of carbonyl (C=O) groups excluding carboxylic acids is 6. The average Bonchev–Trinajstić information content (AvgIpc) is 4.06. The van der Waals surface area contributed by atoms with E-state index in [4.69, 9.17) is 0 Å². The Morgan fingerprint density at radius 1 is 0.424 bits per heavy atom. The van der Waals surface area contributed by atoms with E-state index in [1.807, 2.05) is 24.3 Å². The molecule has 2 bridgehead atoms. The van der Waals surface area contributed by atoms with E-state index in [0.29, 0.717) is 34.1 Å². The molecule has 15 heteroatoms. The maximum Gasteiger partial charge on any atom is 0.261 e. The summed E-state index contributed by atoms with van der Waals surface area (Å²) >= 11 is 0. The number of carbonyl (C=O) groups is 6. The maximum atomic E-state index is 11.9. The van der Waals surface area contributed by atoms with Crippen LogP contribution < -0.4 is 22.2 Å². The molecule has 2 aliphatic carbocycles. The molecule has 1 saturated carbocycles. The number of amides is 6. The highest BCUT2D eigenvalue weighted by Gasteiger charge is 2.58. The second-order valence-corrected chi connectivity index (χ2v) is 15.1. The molecule has 2 aromatic heterocycles. The zero-order valence-corrected chi connectivity index (χ0v) is 32.4. The van der Waals surface area contributed by atoms with Crippen LogP contribution in [0.15, 0.2) is 104 Å². The van der Waals surface area contributed by atoms with Crippen molar-refractivity contribution in [3.05, 3.63) is 149 Å². The normalized spacial score (nSPS) is 20.9. The predicted octanol–water partition coefficient (Wildman–Crippen LogP) is 2.39. The number of imide groups is 3. The molecule has 0 spiro atoms. The van der Waals surface area contributed by atoms with Gasteiger partial charge in [-0.15, -0.1) is 0 Å². The lowest BCUT2D eigenvalue weighted by Crippen LogP contribution is -2.36. The number of allylic oxidation sites excluding steroid dienone is 2. The van der Waals surface area contributed by atoms with E-state index in [9.17, 15) is 47.9 Å². The van der Waals surface area contributed by atoms with E-state index in [0.717, 1.165) is 36.1 Å². The standard InChI is InChI=1S/C13H9NO2.C12H8N2O4.C10H11NO2.C9H7NO2/c1-14-12(15)9-6-2-4-8-5-3-7-10(11(8)9)13(14)16;1-13-9(15)5-3-7-8(4-6(5)10(13)16)12(18)14(2)11(7)17;1-11-9(12)7-5-2-3-6(4-5)8(7)10(11)13;1-10-8(11)6-4-2-3-5-7(6)9(10)12/h2-7H,1H3;3-4H,1-2H3;2-3,5-8H,4H2,1H3;2-5H,1H3. The zero-order chi connectivity index (χ0) is 42.3. The molecule has 11 rings (SSSR count). The van der Waals surface area contributed by atoms with Crippen molar-refractivity contribution in [2.45, 2.75) is 6.42 Å². The number of rotatable bonds is 0. The fourth-order valence-corrected chi connectivity index (χ4v) is 8.73. The van der Waals surface area contributed by atoms with Gasteiger partial charge < -0.3 is 0 Å². The average molecular weight is 794 g/mol. The highest BCUT2D eigenvalue weighted by molar-refractivity contribution is 6.25. The quantitative estimate of drug-likeness (QED) is 0.163. The molecular weight excluding hydrogens is 759 g/mol. The van der Waals surface area contributed by atoms with E-state index in [-0.39, 0.29) is 68.8 Å². The molecule has 4 unspecified atom stereocenters. The van der Waals surface area contributed by atoms with Crippen molar-refractivity contribution < 1.29 is 28.8 Å². The minimum absolute atomic E-state index is 0.0208. The van der Waals surface area contributed by atoms with Gasteiger partial charge in [0.2, 0.25) is 11.8 Å². The van der Waals surface area contributed by atoms with Crippen molar-refractivity contribution in [3.8, 4) is 0 Å². The highest BCUT2D eigenvalue weighted by atomic mass is 16.2. The molecule has 296 valence electrons. The first kappa shape index (κ1) is 38.5. The second kappa shape index (κ2) is 13.9. The minimum Gasteiger partial charge on any atom is -0.285 e. The Hall–Kier alpha value is -7.42. The lowest BCUT2D eigenvalue weighted by Gasteiger charge is -2.23. The van der Waals surface area contributed by atoms with E-state index >= 15 is 0 Å². The van der Waals surface area contributed by atoms with Gasteiger partial charge in [-0.1, -0.05) is 48.6 Å². The molecule has 15 nitrogen and oxygen atoms in total. The Bertz CT molecular complexity index is 2870. The number of benzene rings is 4. The fourth-order valence-electron chi connectivity index (χ4n) is 8.73. The van der Waals surface area contributed by atoms with Crippen LogP contribution >= 0.6 is 0 Å². The van der Waals surface area contributed by atoms with Gasteiger partial charge in [0.25, 0.3) is 45.9 Å². The fraction of sp³-hybridized carbons (Fsp3) is 0.227. The summed E-state index contributed by atoms with van der Waals surface area (Å²) in [6.07, 6.45) is 5.23. The first-order valence-corrected chi connectivity index (χ1v) is 18.6. The lowest BCUT2D eigenvalue weighted by atomic mass is 9.85. The molecule has 5 aliphatic rings. The molecule has 59 heavy (non-hydrogen) atoms. The van der Waals surface area contributed by atoms with Crippen molar-refractivity contribution in [3.63, 3.8) is 0 Å². The summed E-state index contributed by atoms with van der Waals surface area (Å²) < 4.78 is 1.94. The van der Waals surface area contributed by atoms with Crippen LogP contribution in [0.4, 0.5) is 0 Å². The first-order chi connectivity index (χ1) is 28.0. The van der Waals surface area contributed by atoms with Crippen LogP contribution in [-0.4, -0.2) is 80.4 Å². The molecule has 0 N–H and O–H groups in total. The van der Waals surface area contributed by atoms with Gasteiger partial charge in [-0.2, -0.15) is 0 Å². The van der Waals surface area contributed by atoms with Crippen LogP contribution in [0.2, 0.25) is 0 Å². The Morgan fingerprint density at radius 2 is 0.763 bits per heavy atom. The topological polar surface area (TPSA) is 190 Å². The third-order valence-electron chi connectivity index (χ3n) is 12.0. The molecule has 3 aliphatic heterocycles. The van der Waals surface area contributed by atoms with Gasteiger partial charge in [0, 0.05) is 51.8 Å². The molecule has 4 aromatic carbocycles.